The van der Waals surface area contributed by atoms with Crippen molar-refractivity contribution in [1.82, 2.24) is 0 Å². The van der Waals surface area contributed by atoms with Crippen molar-refractivity contribution in [2.45, 2.75) is 6.92 Å². The minimum Gasteiger partial charge on any atom is -0.455 e. The Morgan fingerprint density at radius 2 is 0.617 bits per heavy atom. The molecule has 0 unspecified atom stereocenters. The van der Waals surface area contributed by atoms with E-state index in [4.69, 9.17) is 8.83 Å². The molecule has 12 aromatic carbocycles. The molecule has 14 aromatic rings. The number of nitrogens with zero attached hydrogens (tertiary/aromatic N) is 2. The van der Waals surface area contributed by atoms with Gasteiger partial charge in [-0.2, -0.15) is 0 Å². The fourth-order valence-electron chi connectivity index (χ4n) is 11.1. The second kappa shape index (κ2) is 22.4. The molecule has 0 radical (unpaired) electrons. The van der Waals surface area contributed by atoms with E-state index in [-0.39, 0.29) is 0 Å². The van der Waals surface area contributed by atoms with Gasteiger partial charge >= 0.3 is 0 Å². The highest BCUT2D eigenvalue weighted by atomic mass is 16.3. The van der Waals surface area contributed by atoms with Crippen LogP contribution >= 0.6 is 0 Å². The van der Waals surface area contributed by atoms with Crippen molar-refractivity contribution in [3.05, 3.63) is 316 Å². The number of hydrogen-bond donors (Lipinski definition) is 0. The molecular formula is C77H56N2O2. The molecule has 0 saturated heterocycles. The zero-order chi connectivity index (χ0) is 54.5. The van der Waals surface area contributed by atoms with Crippen LogP contribution in [-0.4, -0.2) is 0 Å². The predicted octanol–water partition coefficient (Wildman–Crippen LogP) is 22.5. The summed E-state index contributed by atoms with van der Waals surface area (Å²) in [6.07, 6.45) is 5.58. The first-order chi connectivity index (χ1) is 40.1. The highest BCUT2D eigenvalue weighted by Crippen LogP contribution is 2.45. The van der Waals surface area contributed by atoms with E-state index in [1.807, 2.05) is 31.2 Å². The van der Waals surface area contributed by atoms with Crippen LogP contribution in [0.3, 0.4) is 0 Å². The molecule has 0 atom stereocenters. The van der Waals surface area contributed by atoms with Crippen LogP contribution in [0.1, 0.15) is 6.92 Å². The number of allylic oxidation sites excluding steroid dienone is 3. The molecule has 2 aromatic heterocycles. The summed E-state index contributed by atoms with van der Waals surface area (Å²) < 4.78 is 13.7. The van der Waals surface area contributed by atoms with Gasteiger partial charge in [-0.15, -0.1) is 0 Å². The Morgan fingerprint density at radius 1 is 0.284 bits per heavy atom. The van der Waals surface area contributed by atoms with Gasteiger partial charge in [-0.25, -0.2) is 0 Å². The summed E-state index contributed by atoms with van der Waals surface area (Å²) in [5, 5.41) is 4.34. The number of furan rings is 2. The van der Waals surface area contributed by atoms with Gasteiger partial charge in [0.05, 0.1) is 5.69 Å². The molecule has 0 aliphatic carbocycles. The quantitative estimate of drug-likeness (QED) is 0.114. The molecule has 0 aliphatic heterocycles. The van der Waals surface area contributed by atoms with Crippen molar-refractivity contribution in [1.29, 1.82) is 0 Å². The van der Waals surface area contributed by atoms with E-state index in [0.717, 1.165) is 106 Å². The first kappa shape index (κ1) is 49.9. The van der Waals surface area contributed by atoms with Gasteiger partial charge in [0.15, 0.2) is 5.58 Å². The lowest BCUT2D eigenvalue weighted by Crippen LogP contribution is -2.10. The van der Waals surface area contributed by atoms with Crippen molar-refractivity contribution in [3.63, 3.8) is 0 Å². The average Bonchev–Trinajstić information content (AvgIpc) is 4.30. The van der Waals surface area contributed by atoms with Gasteiger partial charge in [-0.3, -0.25) is 0 Å². The van der Waals surface area contributed by atoms with Crippen LogP contribution in [0, 0.1) is 0 Å². The minimum atomic E-state index is 0.845. The molecule has 14 rings (SSSR count). The van der Waals surface area contributed by atoms with E-state index in [1.165, 1.54) is 27.8 Å². The normalized spacial score (nSPS) is 11.3. The van der Waals surface area contributed by atoms with Gasteiger partial charge < -0.3 is 18.6 Å². The summed E-state index contributed by atoms with van der Waals surface area (Å²) in [5.74, 6) is 0. The third kappa shape index (κ3) is 9.88. The summed E-state index contributed by atoms with van der Waals surface area (Å²) in [6.45, 7) is 5.42. The number of fused-ring (bicyclic) bond motifs is 6. The number of anilines is 6. The number of rotatable bonds is 12. The fraction of sp³-hybridized carbons (Fsp3) is 0.0130. The summed E-state index contributed by atoms with van der Waals surface area (Å²) >= 11 is 0. The van der Waals surface area contributed by atoms with Crippen LogP contribution < -0.4 is 9.80 Å². The van der Waals surface area contributed by atoms with Crippen LogP contribution in [0.5, 0.6) is 0 Å². The summed E-state index contributed by atoms with van der Waals surface area (Å²) in [6, 6.07) is 103. The highest BCUT2D eigenvalue weighted by molar-refractivity contribution is 6.13. The van der Waals surface area contributed by atoms with Crippen LogP contribution in [0.2, 0.25) is 0 Å². The van der Waals surface area contributed by atoms with Gasteiger partial charge in [0.2, 0.25) is 0 Å². The standard InChI is InChI=1S/C72H48N2O2.C5H8/c1-4-15-49(16-5-1)52-29-39-57(40-30-52)73(58-41-31-53(32-42-58)50-17-6-2-7-18-50)59-45-35-55(36-46-59)62-22-12-24-66-67-25-13-23-63(71(67)76-70(62)66)56-37-47-61(48-38-56)74(60-43-33-54(34-44-60)51-19-8-3-9-20-51)68-27-14-26-65-64-21-10-11-28-69(64)75-72(65)68;1-3-5-4-2/h1-48H;3-5H,1H2,2H3/b;5-4-. The second-order valence-electron chi connectivity index (χ2n) is 20.0. The fourth-order valence-corrected chi connectivity index (χ4v) is 11.1. The minimum absolute atomic E-state index is 0.845. The van der Waals surface area contributed by atoms with Crippen LogP contribution in [0.15, 0.2) is 325 Å². The van der Waals surface area contributed by atoms with Crippen LogP contribution in [-0.2, 0) is 0 Å². The third-order valence-corrected chi connectivity index (χ3v) is 15.0. The van der Waals surface area contributed by atoms with Gasteiger partial charge in [0.1, 0.15) is 16.7 Å². The van der Waals surface area contributed by atoms with Gasteiger partial charge in [-0.05, 0) is 124 Å². The topological polar surface area (TPSA) is 32.8 Å². The van der Waals surface area contributed by atoms with Crippen molar-refractivity contribution in [2.75, 3.05) is 9.80 Å². The number of hydrogen-bond acceptors (Lipinski definition) is 4. The van der Waals surface area contributed by atoms with E-state index in [1.54, 1.807) is 6.08 Å². The Balaban J connectivity index is 0.00000119. The lowest BCUT2D eigenvalue weighted by molar-refractivity contribution is 0.669. The van der Waals surface area contributed by atoms with E-state index in [0.29, 0.717) is 0 Å². The monoisotopic (exact) mass is 1040 g/mol. The Morgan fingerprint density at radius 3 is 1.01 bits per heavy atom. The van der Waals surface area contributed by atoms with E-state index >= 15 is 0 Å². The van der Waals surface area contributed by atoms with Crippen LogP contribution in [0.25, 0.3) is 99.5 Å². The first-order valence-electron chi connectivity index (χ1n) is 27.5. The molecule has 0 bridgehead atoms. The SMILES string of the molecule is C=C/C=C\C.c1ccc(-c2ccc(N(c3ccc(-c4ccccc4)cc3)c3ccc(-c4cccc5c4oc4c(-c6ccc(N(c7ccc(-c8ccccc8)cc7)c7cccc8c7oc7ccccc78)cc6)cccc45)cc3)cc2)cc1. The van der Waals surface area contributed by atoms with Crippen LogP contribution in [0.4, 0.5) is 34.1 Å². The Hall–Kier alpha value is -10.7. The number of benzene rings is 12. The molecule has 81 heavy (non-hydrogen) atoms. The molecular weight excluding hydrogens is 985 g/mol. The molecule has 0 spiro atoms. The van der Waals surface area contributed by atoms with Crippen molar-refractivity contribution in [2.24, 2.45) is 0 Å². The number of para-hydroxylation sites is 4. The summed E-state index contributed by atoms with van der Waals surface area (Å²) in [5.41, 5.74) is 21.0. The highest BCUT2D eigenvalue weighted by Gasteiger charge is 2.22. The Bertz CT molecular complexity index is 4400. The van der Waals surface area contributed by atoms with Crippen molar-refractivity contribution < 1.29 is 8.83 Å². The van der Waals surface area contributed by atoms with Gasteiger partial charge in [0.25, 0.3) is 0 Å². The van der Waals surface area contributed by atoms with Gasteiger partial charge in [-0.1, -0.05) is 243 Å². The lowest BCUT2D eigenvalue weighted by atomic mass is 9.99. The molecule has 2 heterocycles. The molecule has 386 valence electrons. The molecule has 0 saturated carbocycles. The van der Waals surface area contributed by atoms with Gasteiger partial charge in [0, 0.05) is 61.1 Å². The third-order valence-electron chi connectivity index (χ3n) is 15.0. The van der Waals surface area contributed by atoms with Crippen molar-refractivity contribution in [3.8, 4) is 55.6 Å². The largest absolute Gasteiger partial charge is 0.455 e. The van der Waals surface area contributed by atoms with E-state index in [2.05, 4.69) is 295 Å². The van der Waals surface area contributed by atoms with E-state index < -0.39 is 0 Å². The Labute approximate surface area is 472 Å². The summed E-state index contributed by atoms with van der Waals surface area (Å²) in [7, 11) is 0. The average molecular weight is 1040 g/mol. The molecule has 4 nitrogen and oxygen atoms in total. The zero-order valence-electron chi connectivity index (χ0n) is 44.9. The predicted molar refractivity (Wildman–Crippen MR) is 343 cm³/mol. The molecule has 0 amide bonds. The molecule has 0 aliphatic rings. The molecule has 0 fully saturated rings. The maximum absolute atomic E-state index is 7.04. The molecule has 4 heteroatoms. The van der Waals surface area contributed by atoms with E-state index in [9.17, 15) is 0 Å². The zero-order valence-corrected chi connectivity index (χ0v) is 44.9. The maximum Gasteiger partial charge on any atom is 0.159 e. The van der Waals surface area contributed by atoms with Crippen molar-refractivity contribution >= 4 is 78.0 Å². The smallest absolute Gasteiger partial charge is 0.159 e. The Kier molecular flexibility index (Phi) is 13.8. The first-order valence-corrected chi connectivity index (χ1v) is 27.5. The maximum atomic E-state index is 7.04. The summed E-state index contributed by atoms with van der Waals surface area (Å²) in [4.78, 5) is 4.62. The second-order valence-corrected chi connectivity index (χ2v) is 20.0. The molecule has 0 N–H and O–H groups in total. The lowest BCUT2D eigenvalue weighted by Gasteiger charge is -2.26.